The SMILES string of the molecule is COC(=O)c1ccccc1C(N)C1CC1. The van der Waals surface area contributed by atoms with E-state index in [0.717, 1.165) is 18.4 Å². The molecule has 1 unspecified atom stereocenters. The fraction of sp³-hybridized carbons (Fsp3) is 0.417. The zero-order valence-electron chi connectivity index (χ0n) is 8.77. The predicted octanol–water partition coefficient (Wildman–Crippen LogP) is 1.88. The molecular formula is C12H15NO2. The van der Waals surface area contributed by atoms with Gasteiger partial charge >= 0.3 is 5.97 Å². The highest BCUT2D eigenvalue weighted by Crippen LogP contribution is 2.40. The quantitative estimate of drug-likeness (QED) is 0.766. The number of rotatable bonds is 3. The molecule has 2 N–H and O–H groups in total. The van der Waals surface area contributed by atoms with Gasteiger partial charge in [0, 0.05) is 6.04 Å². The Hall–Kier alpha value is -1.35. The highest BCUT2D eigenvalue weighted by molar-refractivity contribution is 5.91. The second-order valence-corrected chi connectivity index (χ2v) is 3.94. The third-order valence-electron chi connectivity index (χ3n) is 2.86. The summed E-state index contributed by atoms with van der Waals surface area (Å²) in [6.45, 7) is 0. The summed E-state index contributed by atoms with van der Waals surface area (Å²) in [5, 5.41) is 0. The van der Waals surface area contributed by atoms with Crippen LogP contribution in [0.15, 0.2) is 24.3 Å². The van der Waals surface area contributed by atoms with Gasteiger partial charge in [0.25, 0.3) is 0 Å². The lowest BCUT2D eigenvalue weighted by atomic mass is 9.98. The maximum absolute atomic E-state index is 11.5. The summed E-state index contributed by atoms with van der Waals surface area (Å²) in [7, 11) is 1.39. The average Bonchev–Trinajstić information content (AvgIpc) is 3.11. The van der Waals surface area contributed by atoms with Crippen molar-refractivity contribution in [1.29, 1.82) is 0 Å². The van der Waals surface area contributed by atoms with E-state index in [1.165, 1.54) is 7.11 Å². The summed E-state index contributed by atoms with van der Waals surface area (Å²) < 4.78 is 4.73. The monoisotopic (exact) mass is 205 g/mol. The molecule has 3 nitrogen and oxygen atoms in total. The highest BCUT2D eigenvalue weighted by Gasteiger charge is 2.31. The Labute approximate surface area is 89.2 Å². The summed E-state index contributed by atoms with van der Waals surface area (Å²) in [6, 6.07) is 7.39. The predicted molar refractivity (Wildman–Crippen MR) is 57.4 cm³/mol. The van der Waals surface area contributed by atoms with Gasteiger partial charge in [0.15, 0.2) is 0 Å². The summed E-state index contributed by atoms with van der Waals surface area (Å²) in [5.41, 5.74) is 7.59. The number of methoxy groups -OCH3 is 1. The maximum Gasteiger partial charge on any atom is 0.338 e. The van der Waals surface area contributed by atoms with Gasteiger partial charge in [-0.05, 0) is 30.4 Å². The molecule has 1 atom stereocenters. The molecule has 1 saturated carbocycles. The Morgan fingerprint density at radius 3 is 2.73 bits per heavy atom. The molecule has 0 spiro atoms. The summed E-state index contributed by atoms with van der Waals surface area (Å²) in [6.07, 6.45) is 2.33. The molecule has 0 radical (unpaired) electrons. The van der Waals surface area contributed by atoms with Crippen LogP contribution in [0.2, 0.25) is 0 Å². The summed E-state index contributed by atoms with van der Waals surface area (Å²) in [5.74, 6) is 0.234. The zero-order chi connectivity index (χ0) is 10.8. The van der Waals surface area contributed by atoms with Crippen LogP contribution in [0.4, 0.5) is 0 Å². The standard InChI is InChI=1S/C12H15NO2/c1-15-12(14)10-5-3-2-4-9(10)11(13)8-6-7-8/h2-5,8,11H,6-7,13H2,1H3. The molecule has 15 heavy (non-hydrogen) atoms. The lowest BCUT2D eigenvalue weighted by Crippen LogP contribution is -2.17. The van der Waals surface area contributed by atoms with Gasteiger partial charge in [-0.1, -0.05) is 18.2 Å². The Morgan fingerprint density at radius 2 is 2.13 bits per heavy atom. The molecule has 0 aliphatic heterocycles. The van der Waals surface area contributed by atoms with Gasteiger partial charge in [-0.25, -0.2) is 4.79 Å². The van der Waals surface area contributed by atoms with E-state index >= 15 is 0 Å². The number of ether oxygens (including phenoxy) is 1. The minimum absolute atomic E-state index is 0.0275. The molecule has 1 aliphatic carbocycles. The van der Waals surface area contributed by atoms with Crippen LogP contribution in [0.25, 0.3) is 0 Å². The van der Waals surface area contributed by atoms with E-state index < -0.39 is 0 Å². The Morgan fingerprint density at radius 1 is 1.47 bits per heavy atom. The number of nitrogens with two attached hydrogens (primary N) is 1. The second kappa shape index (κ2) is 4.03. The number of benzene rings is 1. The molecule has 0 amide bonds. The van der Waals surface area contributed by atoms with Crippen LogP contribution in [0, 0.1) is 5.92 Å². The van der Waals surface area contributed by atoms with Crippen molar-refractivity contribution in [2.45, 2.75) is 18.9 Å². The largest absolute Gasteiger partial charge is 0.465 e. The first-order valence-electron chi connectivity index (χ1n) is 5.17. The van der Waals surface area contributed by atoms with Crippen molar-refractivity contribution >= 4 is 5.97 Å². The van der Waals surface area contributed by atoms with Crippen LogP contribution < -0.4 is 5.73 Å². The fourth-order valence-corrected chi connectivity index (χ4v) is 1.79. The molecule has 0 saturated heterocycles. The van der Waals surface area contributed by atoms with Gasteiger partial charge in [-0.15, -0.1) is 0 Å². The first-order chi connectivity index (χ1) is 7.24. The molecular weight excluding hydrogens is 190 g/mol. The van der Waals surface area contributed by atoms with Gasteiger partial charge < -0.3 is 10.5 Å². The van der Waals surface area contributed by atoms with Gasteiger partial charge in [-0.2, -0.15) is 0 Å². The van der Waals surface area contributed by atoms with E-state index in [2.05, 4.69) is 0 Å². The number of hydrogen-bond donors (Lipinski definition) is 1. The molecule has 1 fully saturated rings. The van der Waals surface area contributed by atoms with Crippen molar-refractivity contribution in [2.24, 2.45) is 11.7 Å². The van der Waals surface area contributed by atoms with Crippen molar-refractivity contribution in [3.05, 3.63) is 35.4 Å². The highest BCUT2D eigenvalue weighted by atomic mass is 16.5. The first-order valence-corrected chi connectivity index (χ1v) is 5.17. The zero-order valence-corrected chi connectivity index (χ0v) is 8.77. The lowest BCUT2D eigenvalue weighted by Gasteiger charge is -2.14. The van der Waals surface area contributed by atoms with Gasteiger partial charge in [0.05, 0.1) is 12.7 Å². The van der Waals surface area contributed by atoms with Crippen LogP contribution in [-0.4, -0.2) is 13.1 Å². The molecule has 1 aromatic carbocycles. The van der Waals surface area contributed by atoms with Crippen LogP contribution in [-0.2, 0) is 4.74 Å². The van der Waals surface area contributed by atoms with Gasteiger partial charge in [-0.3, -0.25) is 0 Å². The molecule has 1 aromatic rings. The Kier molecular flexibility index (Phi) is 2.73. The Bertz CT molecular complexity index is 372. The number of carbonyl (C=O) groups is 1. The first kappa shape index (κ1) is 10.2. The lowest BCUT2D eigenvalue weighted by molar-refractivity contribution is 0.0598. The topological polar surface area (TPSA) is 52.3 Å². The van der Waals surface area contributed by atoms with Crippen LogP contribution in [0.3, 0.4) is 0 Å². The van der Waals surface area contributed by atoms with Gasteiger partial charge in [0.2, 0.25) is 0 Å². The van der Waals surface area contributed by atoms with Crippen molar-refractivity contribution in [1.82, 2.24) is 0 Å². The normalized spacial score (nSPS) is 17.2. The third kappa shape index (κ3) is 2.02. The van der Waals surface area contributed by atoms with E-state index in [9.17, 15) is 4.79 Å². The van der Waals surface area contributed by atoms with E-state index in [-0.39, 0.29) is 12.0 Å². The molecule has 2 rings (SSSR count). The molecule has 0 bridgehead atoms. The summed E-state index contributed by atoms with van der Waals surface area (Å²) >= 11 is 0. The number of hydrogen-bond acceptors (Lipinski definition) is 3. The molecule has 0 aromatic heterocycles. The van der Waals surface area contributed by atoms with E-state index in [1.54, 1.807) is 6.07 Å². The Balaban J connectivity index is 2.32. The van der Waals surface area contributed by atoms with E-state index in [0.29, 0.717) is 11.5 Å². The second-order valence-electron chi connectivity index (χ2n) is 3.94. The number of carbonyl (C=O) groups excluding carboxylic acids is 1. The average molecular weight is 205 g/mol. The van der Waals surface area contributed by atoms with Crippen LogP contribution >= 0.6 is 0 Å². The van der Waals surface area contributed by atoms with Crippen LogP contribution in [0.5, 0.6) is 0 Å². The minimum Gasteiger partial charge on any atom is -0.465 e. The van der Waals surface area contributed by atoms with E-state index in [1.807, 2.05) is 18.2 Å². The molecule has 1 aliphatic rings. The maximum atomic E-state index is 11.5. The third-order valence-corrected chi connectivity index (χ3v) is 2.86. The molecule has 0 heterocycles. The molecule has 3 heteroatoms. The van der Waals surface area contributed by atoms with E-state index in [4.69, 9.17) is 10.5 Å². The smallest absolute Gasteiger partial charge is 0.338 e. The van der Waals surface area contributed by atoms with Gasteiger partial charge in [0.1, 0.15) is 0 Å². The van der Waals surface area contributed by atoms with Crippen molar-refractivity contribution in [2.75, 3.05) is 7.11 Å². The molecule has 80 valence electrons. The minimum atomic E-state index is -0.304. The van der Waals surface area contributed by atoms with Crippen molar-refractivity contribution in [3.63, 3.8) is 0 Å². The van der Waals surface area contributed by atoms with Crippen LogP contribution in [0.1, 0.15) is 34.8 Å². The summed E-state index contributed by atoms with van der Waals surface area (Å²) in [4.78, 5) is 11.5. The number of esters is 1. The van der Waals surface area contributed by atoms with Crippen molar-refractivity contribution in [3.8, 4) is 0 Å². The van der Waals surface area contributed by atoms with Crippen molar-refractivity contribution < 1.29 is 9.53 Å². The fourth-order valence-electron chi connectivity index (χ4n) is 1.79.